The number of hydrogen-bond acceptors (Lipinski definition) is 6. The average molecular weight is 362 g/mol. The lowest BCUT2D eigenvalue weighted by Crippen LogP contribution is -2.09. The van der Waals surface area contributed by atoms with Crippen LogP contribution < -0.4 is 10.2 Å². The first kappa shape index (κ1) is 17.0. The van der Waals surface area contributed by atoms with Crippen molar-refractivity contribution in [2.24, 2.45) is 0 Å². The van der Waals surface area contributed by atoms with Crippen LogP contribution in [-0.2, 0) is 0 Å². The van der Waals surface area contributed by atoms with E-state index in [9.17, 15) is 4.79 Å². The topological polar surface area (TPSA) is 78.4 Å². The maximum absolute atomic E-state index is 13.2. The van der Waals surface area contributed by atoms with Crippen molar-refractivity contribution in [3.8, 4) is 23.3 Å². The summed E-state index contributed by atoms with van der Waals surface area (Å²) in [6.45, 7) is 7.51. The first-order valence-electron chi connectivity index (χ1n) is 8.54. The lowest BCUT2D eigenvalue weighted by molar-refractivity contribution is 0.415. The largest absolute Gasteiger partial charge is 0.461 e. The molecule has 0 amide bonds. The molecular weight excluding hydrogens is 344 g/mol. The van der Waals surface area contributed by atoms with Gasteiger partial charge in [-0.05, 0) is 63.1 Å². The van der Waals surface area contributed by atoms with Crippen molar-refractivity contribution in [3.05, 3.63) is 69.3 Å². The highest BCUT2D eigenvalue weighted by Crippen LogP contribution is 2.34. The van der Waals surface area contributed by atoms with Crippen molar-refractivity contribution in [1.82, 2.24) is 9.97 Å². The zero-order chi connectivity index (χ0) is 19.1. The molecule has 0 aliphatic rings. The third-order valence-electron chi connectivity index (χ3n) is 4.18. The Morgan fingerprint density at radius 2 is 1.74 bits per heavy atom. The van der Waals surface area contributed by atoms with E-state index in [1.54, 1.807) is 18.2 Å². The van der Waals surface area contributed by atoms with Crippen molar-refractivity contribution in [3.63, 3.8) is 0 Å². The fourth-order valence-electron chi connectivity index (χ4n) is 3.13. The van der Waals surface area contributed by atoms with Crippen LogP contribution in [0.25, 0.3) is 22.5 Å². The highest BCUT2D eigenvalue weighted by Gasteiger charge is 2.22. The Balaban J connectivity index is 2.01. The number of aromatic nitrogens is 2. The first-order valence-corrected chi connectivity index (χ1v) is 8.54. The van der Waals surface area contributed by atoms with E-state index in [2.05, 4.69) is 9.97 Å². The van der Waals surface area contributed by atoms with Crippen LogP contribution in [0.4, 0.5) is 0 Å². The van der Waals surface area contributed by atoms with Crippen LogP contribution in [0.15, 0.2) is 50.2 Å². The molecule has 3 heterocycles. The summed E-state index contributed by atoms with van der Waals surface area (Å²) >= 11 is 0. The molecule has 3 aromatic heterocycles. The molecule has 27 heavy (non-hydrogen) atoms. The summed E-state index contributed by atoms with van der Waals surface area (Å²) in [6, 6.07) is 9.11. The van der Waals surface area contributed by atoms with Crippen LogP contribution in [0.3, 0.4) is 0 Å². The number of nitrogens with zero attached hydrogens (tertiary/aromatic N) is 2. The number of fused-ring (bicyclic) bond motifs is 1. The zero-order valence-corrected chi connectivity index (χ0v) is 15.5. The van der Waals surface area contributed by atoms with Gasteiger partial charge in [-0.1, -0.05) is 6.07 Å². The smallest absolute Gasteiger partial charge is 0.322 e. The van der Waals surface area contributed by atoms with E-state index >= 15 is 0 Å². The van der Waals surface area contributed by atoms with Crippen LogP contribution in [0.2, 0.25) is 0 Å². The second-order valence-electron chi connectivity index (χ2n) is 6.56. The summed E-state index contributed by atoms with van der Waals surface area (Å²) in [4.78, 5) is 21.8. The molecule has 136 valence electrons. The Hall–Kier alpha value is -3.41. The molecule has 0 bridgehead atoms. The van der Waals surface area contributed by atoms with Gasteiger partial charge in [-0.25, -0.2) is 9.97 Å². The molecule has 0 saturated carbocycles. The summed E-state index contributed by atoms with van der Waals surface area (Å²) in [5, 5.41) is 0.446. The van der Waals surface area contributed by atoms with Gasteiger partial charge in [0.2, 0.25) is 16.9 Å². The quantitative estimate of drug-likeness (QED) is 0.517. The summed E-state index contributed by atoms with van der Waals surface area (Å²) in [6.07, 6.45) is 1.51. The lowest BCUT2D eigenvalue weighted by atomic mass is 10.1. The number of ether oxygens (including phenoxy) is 1. The molecule has 6 nitrogen and oxygen atoms in total. The van der Waals surface area contributed by atoms with Gasteiger partial charge in [0.1, 0.15) is 5.58 Å². The van der Waals surface area contributed by atoms with Gasteiger partial charge in [-0.15, -0.1) is 0 Å². The van der Waals surface area contributed by atoms with Gasteiger partial charge in [-0.3, -0.25) is 4.79 Å². The Morgan fingerprint density at radius 1 is 1.00 bits per heavy atom. The monoisotopic (exact) mass is 362 g/mol. The number of aryl methyl sites for hydroxylation is 4. The molecule has 1 aromatic carbocycles. The molecule has 4 rings (SSSR count). The van der Waals surface area contributed by atoms with E-state index in [1.807, 2.05) is 39.8 Å². The van der Waals surface area contributed by atoms with Gasteiger partial charge in [-0.2, -0.15) is 0 Å². The normalized spacial score (nSPS) is 11.1. The van der Waals surface area contributed by atoms with Crippen molar-refractivity contribution in [1.29, 1.82) is 0 Å². The molecule has 0 atom stereocenters. The number of benzene rings is 1. The Bertz CT molecular complexity index is 1190. The van der Waals surface area contributed by atoms with E-state index in [1.165, 1.54) is 6.26 Å². The number of furan rings is 1. The molecule has 0 saturated heterocycles. The molecular formula is C21H18N2O4. The molecule has 0 N–H and O–H groups in total. The molecule has 0 spiro atoms. The van der Waals surface area contributed by atoms with E-state index in [4.69, 9.17) is 13.6 Å². The molecule has 0 radical (unpaired) electrons. The number of hydrogen-bond donors (Lipinski definition) is 0. The van der Waals surface area contributed by atoms with Gasteiger partial charge in [0.25, 0.3) is 0 Å². The van der Waals surface area contributed by atoms with Crippen molar-refractivity contribution < 1.29 is 13.6 Å². The predicted molar refractivity (Wildman–Crippen MR) is 101 cm³/mol. The van der Waals surface area contributed by atoms with E-state index in [0.717, 1.165) is 22.5 Å². The Kier molecular flexibility index (Phi) is 4.03. The van der Waals surface area contributed by atoms with E-state index in [-0.39, 0.29) is 22.9 Å². The van der Waals surface area contributed by atoms with Gasteiger partial charge >= 0.3 is 6.01 Å². The highest BCUT2D eigenvalue weighted by atomic mass is 16.5. The van der Waals surface area contributed by atoms with Crippen LogP contribution in [0.5, 0.6) is 11.8 Å². The lowest BCUT2D eigenvalue weighted by Gasteiger charge is -2.11. The third kappa shape index (κ3) is 3.10. The minimum absolute atomic E-state index is 0.00690. The molecule has 0 aliphatic heterocycles. The summed E-state index contributed by atoms with van der Waals surface area (Å²) in [5.41, 5.74) is 3.53. The SMILES string of the molecule is Cc1cc(C)c2oc(-c3ccco3)c(Oc3nc(C)cc(C)n3)c(=O)c2c1. The highest BCUT2D eigenvalue weighted by molar-refractivity contribution is 5.84. The van der Waals surface area contributed by atoms with Gasteiger partial charge in [0.15, 0.2) is 5.76 Å². The minimum atomic E-state index is -0.294. The second kappa shape index (κ2) is 6.39. The standard InChI is InChI=1S/C21H18N2O4/c1-11-8-12(2)18-15(9-11)17(24)20(19(26-18)16-6-5-7-25-16)27-21-22-13(3)10-14(4)23-21/h5-10H,1-4H3. The van der Waals surface area contributed by atoms with Crippen LogP contribution in [0, 0.1) is 27.7 Å². The molecule has 4 aromatic rings. The minimum Gasteiger partial charge on any atom is -0.461 e. The maximum Gasteiger partial charge on any atom is 0.322 e. The average Bonchev–Trinajstić information content (AvgIpc) is 3.11. The van der Waals surface area contributed by atoms with E-state index in [0.29, 0.717) is 16.7 Å². The summed E-state index contributed by atoms with van der Waals surface area (Å²) in [7, 11) is 0. The fraction of sp³-hybridized carbons (Fsp3) is 0.190. The van der Waals surface area contributed by atoms with Gasteiger partial charge < -0.3 is 13.6 Å². The first-order chi connectivity index (χ1) is 12.9. The van der Waals surface area contributed by atoms with E-state index < -0.39 is 0 Å². The van der Waals surface area contributed by atoms with Crippen molar-refractivity contribution in [2.45, 2.75) is 27.7 Å². The van der Waals surface area contributed by atoms with Gasteiger partial charge in [0.05, 0.1) is 11.6 Å². The second-order valence-corrected chi connectivity index (χ2v) is 6.56. The number of rotatable bonds is 3. The molecule has 0 aliphatic carbocycles. The molecule has 0 fully saturated rings. The summed E-state index contributed by atoms with van der Waals surface area (Å²) < 4.78 is 17.3. The zero-order valence-electron chi connectivity index (χ0n) is 15.5. The predicted octanol–water partition coefficient (Wildman–Crippen LogP) is 4.87. The van der Waals surface area contributed by atoms with Crippen LogP contribution in [0.1, 0.15) is 22.5 Å². The Morgan fingerprint density at radius 3 is 2.41 bits per heavy atom. The van der Waals surface area contributed by atoms with Crippen LogP contribution >= 0.6 is 0 Å². The van der Waals surface area contributed by atoms with Crippen molar-refractivity contribution >= 4 is 11.0 Å². The molecule has 6 heteroatoms. The van der Waals surface area contributed by atoms with Crippen LogP contribution in [-0.4, -0.2) is 9.97 Å². The van der Waals surface area contributed by atoms with Crippen molar-refractivity contribution in [2.75, 3.05) is 0 Å². The Labute approximate surface area is 155 Å². The third-order valence-corrected chi connectivity index (χ3v) is 4.18. The maximum atomic E-state index is 13.2. The molecule has 0 unspecified atom stereocenters. The fourth-order valence-corrected chi connectivity index (χ4v) is 3.13. The summed E-state index contributed by atoms with van der Waals surface area (Å²) in [5.74, 6) is 0.619. The van der Waals surface area contributed by atoms with Gasteiger partial charge in [0, 0.05) is 11.4 Å².